The van der Waals surface area contributed by atoms with Crippen LogP contribution in [0.25, 0.3) is 0 Å². The largest absolute Gasteiger partial charge is 0.367 e. The fourth-order valence-corrected chi connectivity index (χ4v) is 0.772. The van der Waals surface area contributed by atoms with Gasteiger partial charge in [-0.05, 0) is 13.8 Å². The van der Waals surface area contributed by atoms with Gasteiger partial charge >= 0.3 is 0 Å². The second-order valence-corrected chi connectivity index (χ2v) is 2.15. The molecule has 0 aromatic rings. The summed E-state index contributed by atoms with van der Waals surface area (Å²) >= 11 is 0. The first kappa shape index (κ1) is 6.01. The highest BCUT2D eigenvalue weighted by Gasteiger charge is 2.39. The molecule has 48 valence electrons. The molecule has 0 aromatic carbocycles. The van der Waals surface area contributed by atoms with Gasteiger partial charge in [0.1, 0.15) is 12.2 Å². The number of epoxide rings is 1. The normalized spacial score (nSPS) is 39.4. The fraction of sp³-hybridized carbons (Fsp3) is 1.00. The Balaban J connectivity index is 2.18. The lowest BCUT2D eigenvalue weighted by Crippen LogP contribution is -2.20. The van der Waals surface area contributed by atoms with Crippen LogP contribution < -0.4 is 5.90 Å². The summed E-state index contributed by atoms with van der Waals surface area (Å²) < 4.78 is 5.06. The molecule has 0 aliphatic carbocycles. The van der Waals surface area contributed by atoms with Crippen molar-refractivity contribution in [1.82, 2.24) is 0 Å². The van der Waals surface area contributed by atoms with E-state index in [9.17, 15) is 0 Å². The van der Waals surface area contributed by atoms with Crippen LogP contribution in [0, 0.1) is 0 Å². The third-order valence-corrected chi connectivity index (χ3v) is 1.44. The SMILES string of the molecule is CC(ON)C1OC1C. The van der Waals surface area contributed by atoms with Gasteiger partial charge < -0.3 is 4.74 Å². The first-order valence-corrected chi connectivity index (χ1v) is 2.76. The Hall–Kier alpha value is -0.120. The van der Waals surface area contributed by atoms with Crippen LogP contribution in [0.5, 0.6) is 0 Å². The summed E-state index contributed by atoms with van der Waals surface area (Å²) in [6, 6.07) is 0. The lowest BCUT2D eigenvalue weighted by atomic mass is 10.2. The molecule has 3 heteroatoms. The molecule has 8 heavy (non-hydrogen) atoms. The highest BCUT2D eigenvalue weighted by molar-refractivity contribution is 4.85. The van der Waals surface area contributed by atoms with Crippen molar-refractivity contribution in [3.05, 3.63) is 0 Å². The molecule has 1 saturated heterocycles. The molecule has 1 aliphatic heterocycles. The van der Waals surface area contributed by atoms with Crippen LogP contribution in [0.1, 0.15) is 13.8 Å². The molecule has 0 spiro atoms. The van der Waals surface area contributed by atoms with Crippen molar-refractivity contribution in [2.24, 2.45) is 5.90 Å². The van der Waals surface area contributed by atoms with Crippen molar-refractivity contribution in [2.45, 2.75) is 32.2 Å². The molecule has 3 atom stereocenters. The average molecular weight is 117 g/mol. The van der Waals surface area contributed by atoms with Crippen molar-refractivity contribution in [3.8, 4) is 0 Å². The highest BCUT2D eigenvalue weighted by atomic mass is 16.7. The molecule has 1 heterocycles. The van der Waals surface area contributed by atoms with Crippen LogP contribution in [0.15, 0.2) is 0 Å². The minimum Gasteiger partial charge on any atom is -0.367 e. The number of hydrogen-bond acceptors (Lipinski definition) is 3. The van der Waals surface area contributed by atoms with Crippen molar-refractivity contribution in [2.75, 3.05) is 0 Å². The van der Waals surface area contributed by atoms with Gasteiger partial charge in [-0.3, -0.25) is 4.84 Å². The monoisotopic (exact) mass is 117 g/mol. The summed E-state index contributed by atoms with van der Waals surface area (Å²) in [5, 5.41) is 0. The molecule has 0 bridgehead atoms. The van der Waals surface area contributed by atoms with Gasteiger partial charge in [0, 0.05) is 0 Å². The molecule has 3 unspecified atom stereocenters. The minimum atomic E-state index is 0.0463. The molecule has 2 N–H and O–H groups in total. The van der Waals surface area contributed by atoms with E-state index in [-0.39, 0.29) is 12.2 Å². The lowest BCUT2D eigenvalue weighted by Gasteiger charge is -2.01. The van der Waals surface area contributed by atoms with E-state index in [1.165, 1.54) is 0 Å². The van der Waals surface area contributed by atoms with Crippen LogP contribution in [0.4, 0.5) is 0 Å². The van der Waals surface area contributed by atoms with Gasteiger partial charge in [0.05, 0.1) is 6.10 Å². The molecular formula is C5H11NO2. The van der Waals surface area contributed by atoms with E-state index in [1.54, 1.807) is 0 Å². The highest BCUT2D eigenvalue weighted by Crippen LogP contribution is 2.25. The Morgan fingerprint density at radius 3 is 2.38 bits per heavy atom. The average Bonchev–Trinajstić information content (AvgIpc) is 2.45. The van der Waals surface area contributed by atoms with E-state index in [1.807, 2.05) is 13.8 Å². The second kappa shape index (κ2) is 2.01. The van der Waals surface area contributed by atoms with Gasteiger partial charge in [-0.25, -0.2) is 5.90 Å². The van der Waals surface area contributed by atoms with Crippen molar-refractivity contribution < 1.29 is 9.57 Å². The number of hydrogen-bond donors (Lipinski definition) is 1. The van der Waals surface area contributed by atoms with Crippen molar-refractivity contribution in [3.63, 3.8) is 0 Å². The van der Waals surface area contributed by atoms with E-state index in [0.717, 1.165) is 0 Å². The van der Waals surface area contributed by atoms with Crippen LogP contribution in [0.3, 0.4) is 0 Å². The summed E-state index contributed by atoms with van der Waals surface area (Å²) in [5.74, 6) is 4.90. The molecule has 0 radical (unpaired) electrons. The molecule has 0 amide bonds. The zero-order valence-electron chi connectivity index (χ0n) is 5.13. The third kappa shape index (κ3) is 0.992. The maximum Gasteiger partial charge on any atom is 0.112 e. The van der Waals surface area contributed by atoms with E-state index in [4.69, 9.17) is 10.6 Å². The number of ether oxygens (including phenoxy) is 1. The van der Waals surface area contributed by atoms with Crippen LogP contribution >= 0.6 is 0 Å². The van der Waals surface area contributed by atoms with Gasteiger partial charge in [0.15, 0.2) is 0 Å². The summed E-state index contributed by atoms with van der Waals surface area (Å²) in [5.41, 5.74) is 0. The maximum absolute atomic E-state index is 5.06. The zero-order valence-corrected chi connectivity index (χ0v) is 5.13. The number of nitrogens with two attached hydrogens (primary N) is 1. The standard InChI is InChI=1S/C5H11NO2/c1-3-5(7-3)4(2)8-6/h3-5H,6H2,1-2H3. The molecule has 0 saturated carbocycles. The molecule has 1 rings (SSSR count). The Morgan fingerprint density at radius 1 is 1.75 bits per heavy atom. The summed E-state index contributed by atoms with van der Waals surface area (Å²) in [4.78, 5) is 4.52. The molecular weight excluding hydrogens is 106 g/mol. The Morgan fingerprint density at radius 2 is 2.25 bits per heavy atom. The quantitative estimate of drug-likeness (QED) is 0.410. The topological polar surface area (TPSA) is 47.8 Å². The predicted octanol–water partition coefficient (Wildman–Crippen LogP) is 0.0525. The second-order valence-electron chi connectivity index (χ2n) is 2.15. The lowest BCUT2D eigenvalue weighted by molar-refractivity contribution is 0.0458. The fourth-order valence-electron chi connectivity index (χ4n) is 0.772. The Kier molecular flexibility index (Phi) is 1.51. The first-order chi connectivity index (χ1) is 3.75. The third-order valence-electron chi connectivity index (χ3n) is 1.44. The van der Waals surface area contributed by atoms with Crippen LogP contribution in [-0.4, -0.2) is 18.3 Å². The Bertz CT molecular complexity index is 84.5. The smallest absolute Gasteiger partial charge is 0.112 e. The van der Waals surface area contributed by atoms with E-state index >= 15 is 0 Å². The first-order valence-electron chi connectivity index (χ1n) is 2.76. The van der Waals surface area contributed by atoms with Crippen molar-refractivity contribution in [1.29, 1.82) is 0 Å². The van der Waals surface area contributed by atoms with Gasteiger partial charge in [-0.1, -0.05) is 0 Å². The summed E-state index contributed by atoms with van der Waals surface area (Å²) in [6.45, 7) is 3.90. The maximum atomic E-state index is 5.06. The van der Waals surface area contributed by atoms with Gasteiger partial charge in [-0.15, -0.1) is 0 Å². The zero-order chi connectivity index (χ0) is 6.15. The van der Waals surface area contributed by atoms with Gasteiger partial charge in [0.25, 0.3) is 0 Å². The van der Waals surface area contributed by atoms with Gasteiger partial charge in [0.2, 0.25) is 0 Å². The predicted molar refractivity (Wildman–Crippen MR) is 29.1 cm³/mol. The number of rotatable bonds is 2. The van der Waals surface area contributed by atoms with E-state index < -0.39 is 0 Å². The Labute approximate surface area is 48.7 Å². The summed E-state index contributed by atoms with van der Waals surface area (Å²) in [7, 11) is 0. The molecule has 1 fully saturated rings. The van der Waals surface area contributed by atoms with Crippen LogP contribution in [-0.2, 0) is 9.57 Å². The summed E-state index contributed by atoms with van der Waals surface area (Å²) in [6.07, 6.45) is 0.624. The van der Waals surface area contributed by atoms with E-state index in [2.05, 4.69) is 4.84 Å². The molecule has 3 nitrogen and oxygen atoms in total. The van der Waals surface area contributed by atoms with Crippen molar-refractivity contribution >= 4 is 0 Å². The molecule has 1 aliphatic rings. The van der Waals surface area contributed by atoms with E-state index in [0.29, 0.717) is 6.10 Å². The minimum absolute atomic E-state index is 0.0463. The molecule has 0 aromatic heterocycles. The van der Waals surface area contributed by atoms with Crippen LogP contribution in [0.2, 0.25) is 0 Å². The van der Waals surface area contributed by atoms with Gasteiger partial charge in [-0.2, -0.15) is 0 Å².